The molecule has 0 aliphatic carbocycles. The highest BCUT2D eigenvalue weighted by atomic mass is 16.5. The van der Waals surface area contributed by atoms with Crippen LogP contribution >= 0.6 is 0 Å². The number of hydrogen-bond acceptors (Lipinski definition) is 9. The third kappa shape index (κ3) is 4.32. The number of nitrogens with one attached hydrogen (secondary N) is 1. The van der Waals surface area contributed by atoms with Gasteiger partial charge < -0.3 is 24.5 Å². The van der Waals surface area contributed by atoms with E-state index < -0.39 is 0 Å². The normalized spacial score (nSPS) is 18.5. The van der Waals surface area contributed by atoms with Gasteiger partial charge in [0.05, 0.1) is 18.5 Å². The Morgan fingerprint density at radius 3 is 2.84 bits per heavy atom. The van der Waals surface area contributed by atoms with Crippen LogP contribution in [0.2, 0.25) is 0 Å². The second kappa shape index (κ2) is 9.23. The largest absolute Gasteiger partial charge is 0.444 e. The number of benzene rings is 1. The number of fused-ring (bicyclic) bond motifs is 1. The summed E-state index contributed by atoms with van der Waals surface area (Å²) in [7, 11) is 2.04. The number of hydrogen-bond donors (Lipinski definition) is 2. The summed E-state index contributed by atoms with van der Waals surface area (Å²) in [6, 6.07) is 7.92. The maximum Gasteiger partial charge on any atom is 0.229 e. The zero-order valence-corrected chi connectivity index (χ0v) is 18.2. The van der Waals surface area contributed by atoms with Gasteiger partial charge in [-0.15, -0.1) is 0 Å². The predicted octanol–water partition coefficient (Wildman–Crippen LogP) is 2.80. The molecule has 0 unspecified atom stereocenters. The van der Waals surface area contributed by atoms with Crippen molar-refractivity contribution in [3.63, 3.8) is 0 Å². The molecule has 0 amide bonds. The molecule has 3 aromatic rings. The first kappa shape index (κ1) is 20.9. The van der Waals surface area contributed by atoms with Crippen LogP contribution in [0, 0.1) is 0 Å². The molecule has 9 nitrogen and oxygen atoms in total. The lowest BCUT2D eigenvalue weighted by Gasteiger charge is -2.33. The van der Waals surface area contributed by atoms with Crippen molar-refractivity contribution in [3.05, 3.63) is 48.1 Å². The van der Waals surface area contributed by atoms with Crippen LogP contribution < -0.4 is 10.2 Å². The fraction of sp³-hybridized carbons (Fsp3) is 0.435. The van der Waals surface area contributed by atoms with Crippen LogP contribution in [-0.4, -0.2) is 64.5 Å². The van der Waals surface area contributed by atoms with E-state index in [-0.39, 0.29) is 12.8 Å². The fourth-order valence-electron chi connectivity index (χ4n) is 4.34. The molecular weight excluding hydrogens is 408 g/mol. The maximum atomic E-state index is 9.38. The van der Waals surface area contributed by atoms with E-state index in [1.54, 1.807) is 6.20 Å². The number of nitrogens with zero attached hydrogens (tertiary/aromatic N) is 5. The molecule has 1 saturated heterocycles. The minimum atomic E-state index is 0.0243. The lowest BCUT2D eigenvalue weighted by molar-refractivity contribution is 0.110. The van der Waals surface area contributed by atoms with Gasteiger partial charge in [0.15, 0.2) is 12.2 Å². The van der Waals surface area contributed by atoms with E-state index in [1.807, 2.05) is 31.3 Å². The van der Waals surface area contributed by atoms with Crippen molar-refractivity contribution in [2.75, 3.05) is 43.6 Å². The van der Waals surface area contributed by atoms with Crippen molar-refractivity contribution < 1.29 is 14.3 Å². The van der Waals surface area contributed by atoms with Gasteiger partial charge in [0.2, 0.25) is 5.95 Å². The summed E-state index contributed by atoms with van der Waals surface area (Å²) in [5.41, 5.74) is 4.03. The minimum absolute atomic E-state index is 0.0243. The molecule has 1 aromatic carbocycles. The molecule has 2 N–H and O–H groups in total. The number of ether oxygens (including phenoxy) is 1. The van der Waals surface area contributed by atoms with Crippen LogP contribution in [0.4, 0.5) is 17.5 Å². The Kier molecular flexibility index (Phi) is 6.02. The van der Waals surface area contributed by atoms with Crippen molar-refractivity contribution in [3.8, 4) is 11.3 Å². The van der Waals surface area contributed by atoms with Gasteiger partial charge in [0.25, 0.3) is 0 Å². The molecule has 2 aromatic heterocycles. The Morgan fingerprint density at radius 2 is 2.12 bits per heavy atom. The van der Waals surface area contributed by atoms with E-state index in [9.17, 15) is 5.11 Å². The van der Waals surface area contributed by atoms with E-state index >= 15 is 0 Å². The number of rotatable bonds is 7. The molecular formula is C23H28N6O3. The number of aliphatic hydroxyl groups is 1. The standard InChI is InChI=1S/C23H28N6O3/c1-28(21-3-2-12-31-21)22-18-14-29(10-11-30)9-8-19(18)26-23(27-22)25-17-6-4-16(5-7-17)20-13-24-15-32-20/h4-7,13,15,21,30H,2-3,8-12,14H2,1H3,(H,25,26,27)/t21-/m1/s1. The number of oxazole rings is 1. The Labute approximate surface area is 187 Å². The first-order valence-corrected chi connectivity index (χ1v) is 11.0. The summed E-state index contributed by atoms with van der Waals surface area (Å²) in [5, 5.41) is 12.7. The topological polar surface area (TPSA) is 99.8 Å². The molecule has 5 rings (SSSR count). The molecule has 2 aliphatic heterocycles. The molecule has 0 radical (unpaired) electrons. The molecule has 1 fully saturated rings. The minimum Gasteiger partial charge on any atom is -0.444 e. The average molecular weight is 437 g/mol. The summed E-state index contributed by atoms with van der Waals surface area (Å²) in [4.78, 5) is 18.1. The number of anilines is 3. The van der Waals surface area contributed by atoms with Crippen molar-refractivity contribution in [2.24, 2.45) is 0 Å². The number of aromatic nitrogens is 3. The lowest BCUT2D eigenvalue weighted by Crippen LogP contribution is -2.37. The highest BCUT2D eigenvalue weighted by Crippen LogP contribution is 2.31. The van der Waals surface area contributed by atoms with Gasteiger partial charge in [-0.25, -0.2) is 9.97 Å². The van der Waals surface area contributed by atoms with Gasteiger partial charge in [-0.2, -0.15) is 4.98 Å². The van der Waals surface area contributed by atoms with Gasteiger partial charge in [-0.1, -0.05) is 0 Å². The van der Waals surface area contributed by atoms with Crippen LogP contribution in [0.3, 0.4) is 0 Å². The summed E-state index contributed by atoms with van der Waals surface area (Å²) < 4.78 is 11.3. The van der Waals surface area contributed by atoms with Crippen LogP contribution in [-0.2, 0) is 17.7 Å². The SMILES string of the molecule is CN(c1nc(Nc2ccc(-c3cnco3)cc2)nc2c1CN(CCO)CC2)[C@H]1CCCO1. The smallest absolute Gasteiger partial charge is 0.229 e. The Balaban J connectivity index is 1.43. The molecule has 9 heteroatoms. The average Bonchev–Trinajstić information content (AvgIpc) is 3.54. The number of β-amino-alcohol motifs (C(OH)–C–C–N with tert-alkyl or cyclic N) is 1. The van der Waals surface area contributed by atoms with Gasteiger partial charge in [-0.05, 0) is 37.1 Å². The molecule has 1 atom stereocenters. The quantitative estimate of drug-likeness (QED) is 0.579. The highest BCUT2D eigenvalue weighted by molar-refractivity contribution is 5.64. The molecule has 32 heavy (non-hydrogen) atoms. The molecule has 4 heterocycles. The summed E-state index contributed by atoms with van der Waals surface area (Å²) in [6.07, 6.45) is 6.02. The van der Waals surface area contributed by atoms with Crippen molar-refractivity contribution in [1.82, 2.24) is 19.9 Å². The molecule has 168 valence electrons. The fourth-order valence-corrected chi connectivity index (χ4v) is 4.34. The Bertz CT molecular complexity index is 1030. The van der Waals surface area contributed by atoms with Crippen LogP contribution in [0.1, 0.15) is 24.1 Å². The monoisotopic (exact) mass is 436 g/mol. The van der Waals surface area contributed by atoms with Crippen molar-refractivity contribution in [2.45, 2.75) is 32.0 Å². The van der Waals surface area contributed by atoms with E-state index in [4.69, 9.17) is 19.1 Å². The second-order valence-corrected chi connectivity index (χ2v) is 8.19. The third-order valence-electron chi connectivity index (χ3n) is 6.06. The van der Waals surface area contributed by atoms with E-state index in [0.29, 0.717) is 12.5 Å². The maximum absolute atomic E-state index is 9.38. The van der Waals surface area contributed by atoms with Gasteiger partial charge >= 0.3 is 0 Å². The van der Waals surface area contributed by atoms with E-state index in [2.05, 4.69) is 20.1 Å². The van der Waals surface area contributed by atoms with Crippen molar-refractivity contribution >= 4 is 17.5 Å². The van der Waals surface area contributed by atoms with E-state index in [1.165, 1.54) is 6.39 Å². The molecule has 0 bridgehead atoms. The van der Waals surface area contributed by atoms with E-state index in [0.717, 1.165) is 73.0 Å². The zero-order valence-electron chi connectivity index (χ0n) is 18.2. The molecule has 2 aliphatic rings. The van der Waals surface area contributed by atoms with Crippen LogP contribution in [0.15, 0.2) is 41.3 Å². The predicted molar refractivity (Wildman–Crippen MR) is 121 cm³/mol. The summed E-state index contributed by atoms with van der Waals surface area (Å²) >= 11 is 0. The van der Waals surface area contributed by atoms with Gasteiger partial charge in [-0.3, -0.25) is 4.90 Å². The second-order valence-electron chi connectivity index (χ2n) is 8.19. The number of aliphatic hydroxyl groups excluding tert-OH is 1. The summed E-state index contributed by atoms with van der Waals surface area (Å²) in [6.45, 7) is 3.19. The van der Waals surface area contributed by atoms with Crippen molar-refractivity contribution in [1.29, 1.82) is 0 Å². The third-order valence-corrected chi connectivity index (χ3v) is 6.06. The zero-order chi connectivity index (χ0) is 21.9. The van der Waals surface area contributed by atoms with Crippen LogP contribution in [0.5, 0.6) is 0 Å². The first-order valence-electron chi connectivity index (χ1n) is 11.0. The van der Waals surface area contributed by atoms with Gasteiger partial charge in [0, 0.05) is 56.5 Å². The Hall–Kier alpha value is -3.01. The first-order chi connectivity index (χ1) is 15.7. The summed E-state index contributed by atoms with van der Waals surface area (Å²) in [5.74, 6) is 2.20. The highest BCUT2D eigenvalue weighted by Gasteiger charge is 2.28. The lowest BCUT2D eigenvalue weighted by atomic mass is 10.1. The molecule has 0 spiro atoms. The Morgan fingerprint density at radius 1 is 1.25 bits per heavy atom. The molecule has 0 saturated carbocycles. The van der Waals surface area contributed by atoms with Gasteiger partial charge in [0.1, 0.15) is 12.0 Å². The van der Waals surface area contributed by atoms with Crippen LogP contribution in [0.25, 0.3) is 11.3 Å².